The van der Waals surface area contributed by atoms with E-state index < -0.39 is 63.1 Å². The number of halogens is 12. The van der Waals surface area contributed by atoms with Crippen LogP contribution in [0.1, 0.15) is 15.9 Å². The van der Waals surface area contributed by atoms with Gasteiger partial charge in [-0.15, -0.1) is 13.2 Å². The van der Waals surface area contributed by atoms with Gasteiger partial charge in [-0.05, 0) is 40.2 Å². The van der Waals surface area contributed by atoms with Crippen molar-refractivity contribution in [2.45, 2.75) is 24.4 Å². The average molecular weight is 575 g/mol. The Morgan fingerprint density at radius 3 is 1.91 bits per heavy atom. The second kappa shape index (κ2) is 9.11. The zero-order valence-corrected chi connectivity index (χ0v) is 17.8. The van der Waals surface area contributed by atoms with Gasteiger partial charge in [-0.1, -0.05) is 6.07 Å². The van der Waals surface area contributed by atoms with Crippen molar-refractivity contribution >= 4 is 33.2 Å². The molecule has 0 saturated carbocycles. The van der Waals surface area contributed by atoms with Gasteiger partial charge in [-0.3, -0.25) is 4.79 Å². The molecule has 0 fully saturated rings. The van der Waals surface area contributed by atoms with Crippen LogP contribution < -0.4 is 15.4 Å². The Kier molecular flexibility index (Phi) is 7.36. The fraction of sp³-hybridized carbons (Fsp3) is 0.278. The Balaban J connectivity index is 2.79. The summed E-state index contributed by atoms with van der Waals surface area (Å²) in [6, 6.07) is 3.38. The molecule has 2 rings (SSSR count). The van der Waals surface area contributed by atoms with Crippen LogP contribution in [0.15, 0.2) is 34.8 Å². The summed E-state index contributed by atoms with van der Waals surface area (Å²) in [6.45, 7) is 0. The highest BCUT2D eigenvalue weighted by molar-refractivity contribution is 9.10. The minimum Gasteiger partial charge on any atom is -0.405 e. The highest BCUT2D eigenvalue weighted by atomic mass is 79.9. The third kappa shape index (κ3) is 5.15. The topological polar surface area (TPSA) is 50.4 Å². The Morgan fingerprint density at radius 2 is 1.44 bits per heavy atom. The molecule has 2 N–H and O–H groups in total. The van der Waals surface area contributed by atoms with Gasteiger partial charge in [0.05, 0.1) is 15.7 Å². The predicted octanol–water partition coefficient (Wildman–Crippen LogP) is 7.07. The van der Waals surface area contributed by atoms with Crippen LogP contribution in [0.25, 0.3) is 0 Å². The smallest absolute Gasteiger partial charge is 0.405 e. The molecule has 0 aliphatic carbocycles. The highest BCUT2D eigenvalue weighted by Crippen LogP contribution is 2.58. The van der Waals surface area contributed by atoms with E-state index in [-0.39, 0.29) is 17.8 Å². The van der Waals surface area contributed by atoms with Crippen molar-refractivity contribution in [3.63, 3.8) is 0 Å². The number of hydrogen-bond acceptors (Lipinski definition) is 3. The van der Waals surface area contributed by atoms with E-state index in [2.05, 4.69) is 26.0 Å². The van der Waals surface area contributed by atoms with Gasteiger partial charge in [0.1, 0.15) is 5.75 Å². The Morgan fingerprint density at radius 1 is 0.882 bits per heavy atom. The van der Waals surface area contributed by atoms with Gasteiger partial charge in [-0.25, -0.2) is 8.78 Å². The second-order valence-electron chi connectivity index (χ2n) is 6.37. The Bertz CT molecular complexity index is 1070. The minimum atomic E-state index is -6.76. The summed E-state index contributed by atoms with van der Waals surface area (Å²) in [5.41, 5.74) is -11.5. The zero-order valence-electron chi connectivity index (χ0n) is 16.2. The fourth-order valence-electron chi connectivity index (χ4n) is 2.74. The first-order valence-corrected chi connectivity index (χ1v) is 9.33. The predicted molar refractivity (Wildman–Crippen MR) is 99.6 cm³/mol. The molecule has 0 radical (unpaired) electrons. The van der Waals surface area contributed by atoms with Gasteiger partial charge in [0.25, 0.3) is 5.91 Å². The number of hydrogen-bond donors (Lipinski definition) is 2. The zero-order chi connectivity index (χ0) is 26.3. The lowest BCUT2D eigenvalue weighted by molar-refractivity contribution is -0.348. The summed E-state index contributed by atoms with van der Waals surface area (Å²) in [7, 11) is 1.23. The van der Waals surface area contributed by atoms with Gasteiger partial charge in [0, 0.05) is 18.3 Å². The molecule has 0 bridgehead atoms. The van der Waals surface area contributed by atoms with Gasteiger partial charge >= 0.3 is 24.4 Å². The lowest BCUT2D eigenvalue weighted by atomic mass is 9.92. The van der Waals surface area contributed by atoms with E-state index in [1.54, 1.807) is 0 Å². The number of nitrogens with one attached hydrogen (secondary N) is 2. The molecule has 34 heavy (non-hydrogen) atoms. The molecule has 2 aromatic rings. The van der Waals surface area contributed by atoms with E-state index in [1.165, 1.54) is 12.4 Å². The summed E-state index contributed by atoms with van der Waals surface area (Å²) in [5.74, 6) is -4.56. The largest absolute Gasteiger partial charge is 0.573 e. The minimum absolute atomic E-state index is 0.116. The first-order valence-electron chi connectivity index (χ1n) is 8.53. The van der Waals surface area contributed by atoms with Crippen LogP contribution in [0, 0.1) is 5.82 Å². The average Bonchev–Trinajstić information content (AvgIpc) is 2.67. The third-order valence-corrected chi connectivity index (χ3v) is 5.01. The molecule has 188 valence electrons. The van der Waals surface area contributed by atoms with Crippen LogP contribution >= 0.6 is 15.9 Å². The number of ether oxygens (including phenoxy) is 1. The third-order valence-electron chi connectivity index (χ3n) is 4.22. The Hall–Kier alpha value is -2.78. The van der Waals surface area contributed by atoms with Gasteiger partial charge in [-0.2, -0.15) is 26.3 Å². The van der Waals surface area contributed by atoms with Gasteiger partial charge < -0.3 is 15.4 Å². The molecule has 0 aromatic heterocycles. The van der Waals surface area contributed by atoms with E-state index in [9.17, 15) is 53.1 Å². The van der Waals surface area contributed by atoms with E-state index >= 15 is 0 Å². The molecule has 0 unspecified atom stereocenters. The fourth-order valence-corrected chi connectivity index (χ4v) is 3.44. The molecule has 2 aromatic carbocycles. The van der Waals surface area contributed by atoms with Crippen LogP contribution in [0.3, 0.4) is 0 Å². The van der Waals surface area contributed by atoms with Crippen LogP contribution in [-0.2, 0) is 5.67 Å². The van der Waals surface area contributed by atoms with Gasteiger partial charge in [0.2, 0.25) is 0 Å². The molecule has 1 amide bonds. The number of anilines is 2. The number of carbonyl (C=O) groups excluding carboxylic acids is 1. The lowest BCUT2D eigenvalue weighted by Crippen LogP contribution is -2.51. The second-order valence-corrected chi connectivity index (χ2v) is 7.17. The summed E-state index contributed by atoms with van der Waals surface area (Å²) >= 11 is 2.09. The molecule has 0 heterocycles. The first-order chi connectivity index (χ1) is 15.3. The van der Waals surface area contributed by atoms with Crippen molar-refractivity contribution < 1.29 is 57.8 Å². The van der Waals surface area contributed by atoms with Gasteiger partial charge in [0.15, 0.2) is 5.82 Å². The number of rotatable bonds is 5. The summed E-state index contributed by atoms with van der Waals surface area (Å²) in [4.78, 5) is 12.4. The Labute approximate surface area is 191 Å². The number of carbonyl (C=O) groups is 1. The monoisotopic (exact) mass is 574 g/mol. The van der Waals surface area contributed by atoms with E-state index in [0.29, 0.717) is 0 Å². The maximum absolute atomic E-state index is 14.9. The lowest BCUT2D eigenvalue weighted by Gasteiger charge is -2.33. The molecule has 0 aliphatic rings. The van der Waals surface area contributed by atoms with Crippen molar-refractivity contribution in [3.8, 4) is 5.75 Å². The molecular weight excluding hydrogens is 565 g/mol. The van der Waals surface area contributed by atoms with Crippen molar-refractivity contribution in [2.75, 3.05) is 17.7 Å². The molecular formula is C18H10BrF11N2O2. The van der Waals surface area contributed by atoms with E-state index in [0.717, 1.165) is 18.2 Å². The highest BCUT2D eigenvalue weighted by Gasteiger charge is 2.75. The molecule has 0 spiro atoms. The standard InChI is InChI=1S/C18H10BrF11N2O2/c1-31-9-4-2-3-7(13(9)20)14(33)32-8-5-6-10(34-18(28,29)30)12(19)11(8)15(21,16(22,23)24)17(25,26)27/h2-6,31H,1H3,(H,32,33). The van der Waals surface area contributed by atoms with Crippen molar-refractivity contribution in [1.82, 2.24) is 0 Å². The first kappa shape index (κ1) is 27.5. The summed E-state index contributed by atoms with van der Waals surface area (Å²) in [5, 5.41) is 3.81. The maximum Gasteiger partial charge on any atom is 0.573 e. The van der Waals surface area contributed by atoms with Crippen LogP contribution in [0.5, 0.6) is 5.75 Å². The normalized spacial score (nSPS) is 13.0. The number of alkyl halides is 10. The van der Waals surface area contributed by atoms with Crippen LogP contribution in [0.2, 0.25) is 0 Å². The number of amides is 1. The SMILES string of the molecule is CNc1cccc(C(=O)Nc2ccc(OC(F)(F)F)c(Br)c2C(F)(C(F)(F)F)C(F)(F)F)c1F. The summed E-state index contributed by atoms with van der Waals surface area (Å²) in [6.07, 6.45) is -19.1. The molecule has 0 atom stereocenters. The van der Waals surface area contributed by atoms with E-state index in [4.69, 9.17) is 0 Å². The molecule has 0 aliphatic heterocycles. The number of benzene rings is 2. The quantitative estimate of drug-likeness (QED) is 0.376. The van der Waals surface area contributed by atoms with Crippen LogP contribution in [-0.4, -0.2) is 31.7 Å². The van der Waals surface area contributed by atoms with Crippen LogP contribution in [0.4, 0.5) is 59.7 Å². The van der Waals surface area contributed by atoms with Crippen molar-refractivity contribution in [3.05, 3.63) is 51.7 Å². The maximum atomic E-state index is 14.9. The molecule has 16 heteroatoms. The molecule has 0 saturated heterocycles. The van der Waals surface area contributed by atoms with E-state index in [1.807, 2.05) is 0 Å². The summed E-state index contributed by atoms with van der Waals surface area (Å²) < 4.78 is 149. The van der Waals surface area contributed by atoms with Crippen molar-refractivity contribution in [1.29, 1.82) is 0 Å². The van der Waals surface area contributed by atoms with Crippen molar-refractivity contribution in [2.24, 2.45) is 0 Å². The molecule has 4 nitrogen and oxygen atoms in total.